The Bertz CT molecular complexity index is 1470. The van der Waals surface area contributed by atoms with Gasteiger partial charge < -0.3 is 4.57 Å². The molecule has 3 aromatic rings. The second-order valence-corrected chi connectivity index (χ2v) is 9.68. The summed E-state index contributed by atoms with van der Waals surface area (Å²) >= 11 is 1.62. The zero-order valence-electron chi connectivity index (χ0n) is 19.1. The molecular weight excluding hydrogens is 467 g/mol. The maximum atomic E-state index is 13.3. The molecule has 5 rings (SSSR count). The van der Waals surface area contributed by atoms with Crippen molar-refractivity contribution in [2.24, 2.45) is 0 Å². The lowest BCUT2D eigenvalue weighted by Gasteiger charge is -2.26. The number of barbiturate groups is 1. The lowest BCUT2D eigenvalue weighted by atomic mass is 9.96. The number of hydrogen-bond acceptors (Lipinski definition) is 5. The van der Waals surface area contributed by atoms with Crippen LogP contribution in [0.4, 0.5) is 14.9 Å². The number of hydrogen-bond donors (Lipinski definition) is 1. The molecule has 176 valence electrons. The van der Waals surface area contributed by atoms with E-state index in [1.807, 2.05) is 24.5 Å². The zero-order valence-corrected chi connectivity index (χ0v) is 20.0. The third-order valence-electron chi connectivity index (χ3n) is 6.42. The van der Waals surface area contributed by atoms with E-state index in [1.165, 1.54) is 23.1 Å². The Hall–Kier alpha value is -4.03. The zero-order chi connectivity index (χ0) is 24.9. The van der Waals surface area contributed by atoms with E-state index in [-0.39, 0.29) is 11.3 Å². The molecule has 7 nitrogen and oxygen atoms in total. The van der Waals surface area contributed by atoms with Crippen molar-refractivity contribution in [3.8, 4) is 11.1 Å². The monoisotopic (exact) mass is 488 g/mol. The van der Waals surface area contributed by atoms with Gasteiger partial charge in [0.05, 0.1) is 11.3 Å². The van der Waals surface area contributed by atoms with Crippen molar-refractivity contribution in [3.05, 3.63) is 74.7 Å². The molecule has 1 aliphatic heterocycles. The quantitative estimate of drug-likeness (QED) is 0.427. The number of aromatic nitrogens is 1. The van der Waals surface area contributed by atoms with Gasteiger partial charge in [0.25, 0.3) is 11.8 Å². The molecule has 1 saturated heterocycles. The summed E-state index contributed by atoms with van der Waals surface area (Å²) in [4.78, 5) is 40.2. The largest absolute Gasteiger partial charge is 0.335 e. The van der Waals surface area contributed by atoms with Gasteiger partial charge in [-0.1, -0.05) is 0 Å². The van der Waals surface area contributed by atoms with Crippen LogP contribution in [0.1, 0.15) is 45.8 Å². The highest BCUT2D eigenvalue weighted by molar-refractivity contribution is 7.15. The van der Waals surface area contributed by atoms with Crippen molar-refractivity contribution < 1.29 is 18.8 Å². The minimum Gasteiger partial charge on any atom is -0.308 e. The van der Waals surface area contributed by atoms with E-state index in [4.69, 9.17) is 0 Å². The molecule has 1 aromatic carbocycles. The van der Waals surface area contributed by atoms with Gasteiger partial charge in [-0.25, -0.2) is 14.1 Å². The summed E-state index contributed by atoms with van der Waals surface area (Å²) < 4.78 is 15.3. The normalized spacial score (nSPS) is 16.9. The highest BCUT2D eigenvalue weighted by Gasteiger charge is 2.37. The third kappa shape index (κ3) is 3.76. The number of imide groups is 2. The average molecular weight is 489 g/mol. The van der Waals surface area contributed by atoms with Crippen molar-refractivity contribution in [3.63, 3.8) is 0 Å². The Morgan fingerprint density at radius 3 is 2.54 bits per heavy atom. The summed E-state index contributed by atoms with van der Waals surface area (Å²) in [6.07, 6.45) is 5.50. The highest BCUT2D eigenvalue weighted by atomic mass is 32.1. The fourth-order valence-corrected chi connectivity index (χ4v) is 6.16. The number of benzene rings is 1. The summed E-state index contributed by atoms with van der Waals surface area (Å²) in [5.74, 6) is -2.10. The number of carbonyl (C=O) groups is 3. The fraction of sp³-hybridized carbons (Fsp3) is 0.231. The van der Waals surface area contributed by atoms with Crippen LogP contribution < -0.4 is 10.2 Å². The van der Waals surface area contributed by atoms with E-state index < -0.39 is 23.7 Å². The predicted octanol–water partition coefficient (Wildman–Crippen LogP) is 4.71. The van der Waals surface area contributed by atoms with Gasteiger partial charge in [-0.05, 0) is 87.1 Å². The fourth-order valence-electron chi connectivity index (χ4n) is 4.71. The number of halogens is 1. The van der Waals surface area contributed by atoms with Crippen molar-refractivity contribution in [2.45, 2.75) is 39.5 Å². The van der Waals surface area contributed by atoms with Gasteiger partial charge in [0.15, 0.2) is 0 Å². The molecule has 0 atom stereocenters. The molecule has 3 heterocycles. The molecule has 2 aliphatic rings. The van der Waals surface area contributed by atoms with Crippen LogP contribution in [0.3, 0.4) is 0 Å². The topological polar surface area (TPSA) is 95.2 Å². The van der Waals surface area contributed by atoms with E-state index in [9.17, 15) is 24.0 Å². The minimum atomic E-state index is -0.892. The van der Waals surface area contributed by atoms with E-state index in [2.05, 4.69) is 11.4 Å². The van der Waals surface area contributed by atoms with Crippen LogP contribution in [-0.4, -0.2) is 22.4 Å². The number of carbonyl (C=O) groups excluding carboxylic acids is 3. The number of nitriles is 1. The first-order chi connectivity index (χ1) is 16.8. The van der Waals surface area contributed by atoms with Crippen LogP contribution in [0.15, 0.2) is 35.9 Å². The van der Waals surface area contributed by atoms with Crippen LogP contribution >= 0.6 is 11.3 Å². The molecule has 0 bridgehead atoms. The predicted molar refractivity (Wildman–Crippen MR) is 130 cm³/mol. The summed E-state index contributed by atoms with van der Waals surface area (Å²) in [5, 5.41) is 12.9. The standard InChI is InChI=1S/C26H21FN4O3S/c1-14-11-16(15(2)30(14)25-21(13-28)19-5-3-4-6-22(19)35-25)12-20-23(32)29-26(34)31(24(20)33)18-9-7-17(27)8-10-18/h7-12H,3-6H2,1-2H3,(H,29,32,34)/b20-12+. The van der Waals surface area contributed by atoms with Crippen molar-refractivity contribution in [2.75, 3.05) is 4.90 Å². The molecule has 0 saturated carbocycles. The number of rotatable bonds is 3. The Morgan fingerprint density at radius 1 is 1.11 bits per heavy atom. The maximum Gasteiger partial charge on any atom is 0.335 e. The first kappa shape index (κ1) is 22.7. The van der Waals surface area contributed by atoms with Crippen LogP contribution in [0, 0.1) is 31.0 Å². The lowest BCUT2D eigenvalue weighted by molar-refractivity contribution is -0.122. The smallest absolute Gasteiger partial charge is 0.308 e. The van der Waals surface area contributed by atoms with Crippen molar-refractivity contribution >= 4 is 40.9 Å². The van der Waals surface area contributed by atoms with Crippen molar-refractivity contribution in [1.82, 2.24) is 9.88 Å². The minimum absolute atomic E-state index is 0.153. The summed E-state index contributed by atoms with van der Waals surface area (Å²) in [6, 6.07) is 8.21. The molecule has 0 unspecified atom stereocenters. The van der Waals surface area contributed by atoms with E-state index in [0.717, 1.165) is 64.7 Å². The summed E-state index contributed by atoms with van der Waals surface area (Å²) in [7, 11) is 0. The van der Waals surface area contributed by atoms with Crippen LogP contribution in [0.5, 0.6) is 0 Å². The molecule has 2 aromatic heterocycles. The highest BCUT2D eigenvalue weighted by Crippen LogP contribution is 2.38. The van der Waals surface area contributed by atoms with Gasteiger partial charge in [-0.2, -0.15) is 5.26 Å². The van der Waals surface area contributed by atoms with E-state index >= 15 is 0 Å². The van der Waals surface area contributed by atoms with Crippen LogP contribution in [0.25, 0.3) is 11.1 Å². The number of fused-ring (bicyclic) bond motifs is 1. The summed E-state index contributed by atoms with van der Waals surface area (Å²) in [5.41, 5.74) is 4.02. The Balaban J connectivity index is 1.57. The molecule has 1 aliphatic carbocycles. The second kappa shape index (κ2) is 8.64. The molecule has 4 amide bonds. The van der Waals surface area contributed by atoms with Crippen molar-refractivity contribution in [1.29, 1.82) is 5.26 Å². The number of anilines is 1. The van der Waals surface area contributed by atoms with Gasteiger partial charge in [0, 0.05) is 16.3 Å². The SMILES string of the molecule is Cc1cc(/C=C2\C(=O)NC(=O)N(c3ccc(F)cc3)C2=O)c(C)n1-c1sc2c(c1C#N)CCCC2. The van der Waals surface area contributed by atoms with Gasteiger partial charge in [0.2, 0.25) is 0 Å². The third-order valence-corrected chi connectivity index (χ3v) is 7.70. The lowest BCUT2D eigenvalue weighted by Crippen LogP contribution is -2.54. The molecule has 35 heavy (non-hydrogen) atoms. The Labute approximate surface area is 205 Å². The molecule has 1 fully saturated rings. The van der Waals surface area contributed by atoms with Gasteiger partial charge in [0.1, 0.15) is 22.5 Å². The molecule has 0 spiro atoms. The number of aryl methyl sites for hydroxylation is 2. The van der Waals surface area contributed by atoms with E-state index in [1.54, 1.807) is 11.3 Å². The molecule has 1 N–H and O–H groups in total. The number of nitrogens with one attached hydrogen (secondary N) is 1. The first-order valence-corrected chi connectivity index (χ1v) is 12.0. The average Bonchev–Trinajstić information content (AvgIpc) is 3.33. The van der Waals surface area contributed by atoms with E-state index in [0.29, 0.717) is 11.1 Å². The number of thiophene rings is 1. The molecular formula is C26H21FN4O3S. The van der Waals surface area contributed by atoms with Gasteiger partial charge in [-0.3, -0.25) is 14.9 Å². The Kier molecular flexibility index (Phi) is 5.61. The molecule has 0 radical (unpaired) electrons. The van der Waals surface area contributed by atoms with Gasteiger partial charge >= 0.3 is 6.03 Å². The van der Waals surface area contributed by atoms with Crippen LogP contribution in [0.2, 0.25) is 0 Å². The van der Waals surface area contributed by atoms with Gasteiger partial charge in [-0.15, -0.1) is 11.3 Å². The second-order valence-electron chi connectivity index (χ2n) is 8.60. The number of urea groups is 1. The summed E-state index contributed by atoms with van der Waals surface area (Å²) in [6.45, 7) is 3.78. The molecule has 9 heteroatoms. The Morgan fingerprint density at radius 2 is 1.83 bits per heavy atom. The maximum absolute atomic E-state index is 13.3. The first-order valence-electron chi connectivity index (χ1n) is 11.2. The number of nitrogens with zero attached hydrogens (tertiary/aromatic N) is 3. The van der Waals surface area contributed by atoms with Crippen LogP contribution in [-0.2, 0) is 22.4 Å². The number of amides is 4.